The van der Waals surface area contributed by atoms with Gasteiger partial charge in [0.15, 0.2) is 0 Å². The molecule has 0 heterocycles. The number of hydrogen-bond donors (Lipinski definition) is 2. The van der Waals surface area contributed by atoms with Crippen molar-refractivity contribution >= 4 is 33.2 Å². The van der Waals surface area contributed by atoms with Crippen LogP contribution in [0.15, 0.2) is 47.4 Å². The Morgan fingerprint density at radius 3 is 2.42 bits per heavy atom. The molecule has 0 aromatic heterocycles. The van der Waals surface area contributed by atoms with E-state index in [-0.39, 0.29) is 4.90 Å². The van der Waals surface area contributed by atoms with Crippen LogP contribution in [0.25, 0.3) is 0 Å². The van der Waals surface area contributed by atoms with Crippen molar-refractivity contribution in [3.63, 3.8) is 0 Å². The average Bonchev–Trinajstić information content (AvgIpc) is 2.58. The Morgan fingerprint density at radius 2 is 1.85 bits per heavy atom. The molecule has 0 spiro atoms. The molecule has 0 unspecified atom stereocenters. The molecule has 0 saturated heterocycles. The van der Waals surface area contributed by atoms with Crippen LogP contribution in [-0.2, 0) is 14.8 Å². The third-order valence-corrected chi connectivity index (χ3v) is 5.38. The molecule has 6 nitrogen and oxygen atoms in total. The van der Waals surface area contributed by atoms with Gasteiger partial charge in [-0.3, -0.25) is 4.79 Å². The highest BCUT2D eigenvalue weighted by Gasteiger charge is 2.22. The highest BCUT2D eigenvalue weighted by molar-refractivity contribution is 7.89. The molecule has 0 aliphatic rings. The van der Waals surface area contributed by atoms with Crippen molar-refractivity contribution in [2.24, 2.45) is 0 Å². The van der Waals surface area contributed by atoms with Crippen LogP contribution in [-0.4, -0.2) is 27.0 Å². The zero-order chi connectivity index (χ0) is 19.3. The second kappa shape index (κ2) is 8.53. The first-order chi connectivity index (χ1) is 12.2. The summed E-state index contributed by atoms with van der Waals surface area (Å²) < 4.78 is 32.8. The van der Waals surface area contributed by atoms with Gasteiger partial charge in [0.2, 0.25) is 15.9 Å². The fourth-order valence-corrected chi connectivity index (χ4v) is 3.66. The number of halogens is 1. The molecular formula is C18H21ClN2O4S. The van der Waals surface area contributed by atoms with Gasteiger partial charge in [-0.15, -0.1) is 0 Å². The van der Waals surface area contributed by atoms with E-state index in [4.69, 9.17) is 16.3 Å². The Balaban J connectivity index is 2.08. The largest absolute Gasteiger partial charge is 0.494 e. The Kier molecular flexibility index (Phi) is 6.63. The second-order valence-electron chi connectivity index (χ2n) is 5.70. The standard InChI is InChI=1S/C18H21ClN2O4S/c1-4-25-17-10-9-16(11-12(17)2)26(23,24)21-13(3)18(22)20-15-7-5-14(19)6-8-15/h5-11,13,21H,4H2,1-3H3,(H,20,22)/t13-/m0/s1. The van der Waals surface area contributed by atoms with Gasteiger partial charge in [0, 0.05) is 10.7 Å². The number of aryl methyl sites for hydroxylation is 1. The number of hydrogen-bond acceptors (Lipinski definition) is 4. The van der Waals surface area contributed by atoms with Crippen LogP contribution in [0.2, 0.25) is 5.02 Å². The number of amides is 1. The predicted molar refractivity (Wildman–Crippen MR) is 102 cm³/mol. The Hall–Kier alpha value is -2.09. The van der Waals surface area contributed by atoms with Crippen molar-refractivity contribution in [2.45, 2.75) is 31.7 Å². The number of anilines is 1. The average molecular weight is 397 g/mol. The van der Waals surface area contributed by atoms with Crippen LogP contribution >= 0.6 is 11.6 Å². The molecule has 1 atom stereocenters. The van der Waals surface area contributed by atoms with Crippen molar-refractivity contribution < 1.29 is 17.9 Å². The van der Waals surface area contributed by atoms with Gasteiger partial charge in [-0.1, -0.05) is 11.6 Å². The van der Waals surface area contributed by atoms with E-state index in [2.05, 4.69) is 10.0 Å². The number of carbonyl (C=O) groups is 1. The Bertz CT molecular complexity index is 883. The molecule has 8 heteroatoms. The molecule has 0 aliphatic heterocycles. The third-order valence-electron chi connectivity index (χ3n) is 3.59. The maximum Gasteiger partial charge on any atom is 0.242 e. The van der Waals surface area contributed by atoms with E-state index in [1.807, 2.05) is 6.92 Å². The predicted octanol–water partition coefficient (Wildman–Crippen LogP) is 3.35. The van der Waals surface area contributed by atoms with Gasteiger partial charge in [0.25, 0.3) is 0 Å². The normalized spacial score (nSPS) is 12.5. The third kappa shape index (κ3) is 5.20. The van der Waals surface area contributed by atoms with Crippen LogP contribution in [0.5, 0.6) is 5.75 Å². The van der Waals surface area contributed by atoms with Gasteiger partial charge in [0.1, 0.15) is 5.75 Å². The highest BCUT2D eigenvalue weighted by atomic mass is 35.5. The fraction of sp³-hybridized carbons (Fsp3) is 0.278. The summed E-state index contributed by atoms with van der Waals surface area (Å²) in [5, 5.41) is 3.18. The molecule has 0 bridgehead atoms. The zero-order valence-corrected chi connectivity index (χ0v) is 16.3. The minimum Gasteiger partial charge on any atom is -0.494 e. The molecule has 2 aromatic rings. The van der Waals surface area contributed by atoms with Crippen molar-refractivity contribution in [3.05, 3.63) is 53.1 Å². The minimum atomic E-state index is -3.85. The molecule has 0 aliphatic carbocycles. The molecule has 2 aromatic carbocycles. The SMILES string of the molecule is CCOc1ccc(S(=O)(=O)N[C@@H](C)C(=O)Nc2ccc(Cl)cc2)cc1C. The van der Waals surface area contributed by atoms with E-state index in [1.165, 1.54) is 19.1 Å². The molecule has 26 heavy (non-hydrogen) atoms. The van der Waals surface area contributed by atoms with Crippen LogP contribution in [0, 0.1) is 6.92 Å². The molecular weight excluding hydrogens is 376 g/mol. The number of sulfonamides is 1. The van der Waals surface area contributed by atoms with Crippen LogP contribution in [0.4, 0.5) is 5.69 Å². The smallest absolute Gasteiger partial charge is 0.242 e. The van der Waals surface area contributed by atoms with Gasteiger partial charge < -0.3 is 10.1 Å². The van der Waals surface area contributed by atoms with Gasteiger partial charge in [-0.25, -0.2) is 8.42 Å². The van der Waals surface area contributed by atoms with E-state index >= 15 is 0 Å². The Labute approximate surface area is 158 Å². The highest BCUT2D eigenvalue weighted by Crippen LogP contribution is 2.22. The van der Waals surface area contributed by atoms with E-state index in [0.717, 1.165) is 0 Å². The molecule has 0 fully saturated rings. The van der Waals surface area contributed by atoms with Gasteiger partial charge >= 0.3 is 0 Å². The number of nitrogens with one attached hydrogen (secondary N) is 2. The lowest BCUT2D eigenvalue weighted by Crippen LogP contribution is -2.41. The lowest BCUT2D eigenvalue weighted by atomic mass is 10.2. The van der Waals surface area contributed by atoms with E-state index < -0.39 is 22.0 Å². The van der Waals surface area contributed by atoms with Crippen molar-refractivity contribution in [2.75, 3.05) is 11.9 Å². The summed E-state index contributed by atoms with van der Waals surface area (Å²) in [5.74, 6) is 0.151. The summed E-state index contributed by atoms with van der Waals surface area (Å²) in [6.45, 7) is 5.59. The number of benzene rings is 2. The first-order valence-corrected chi connectivity index (χ1v) is 9.91. The second-order valence-corrected chi connectivity index (χ2v) is 7.85. The first kappa shape index (κ1) is 20.2. The monoisotopic (exact) mass is 396 g/mol. The number of carbonyl (C=O) groups excluding carboxylic acids is 1. The van der Waals surface area contributed by atoms with E-state index in [0.29, 0.717) is 28.6 Å². The molecule has 2 rings (SSSR count). The van der Waals surface area contributed by atoms with Crippen molar-refractivity contribution in [3.8, 4) is 5.75 Å². The van der Waals surface area contributed by atoms with Gasteiger partial charge in [0.05, 0.1) is 17.5 Å². The Morgan fingerprint density at radius 1 is 1.19 bits per heavy atom. The van der Waals surface area contributed by atoms with E-state index in [9.17, 15) is 13.2 Å². The fourth-order valence-electron chi connectivity index (χ4n) is 2.24. The molecule has 140 valence electrons. The van der Waals surface area contributed by atoms with Gasteiger partial charge in [-0.05, 0) is 68.8 Å². The molecule has 0 radical (unpaired) electrons. The number of rotatable bonds is 7. The first-order valence-electron chi connectivity index (χ1n) is 8.05. The van der Waals surface area contributed by atoms with Crippen LogP contribution in [0.3, 0.4) is 0 Å². The summed E-state index contributed by atoms with van der Waals surface area (Å²) in [5.41, 5.74) is 1.23. The summed E-state index contributed by atoms with van der Waals surface area (Å²) in [6, 6.07) is 10.1. The lowest BCUT2D eigenvalue weighted by Gasteiger charge is -2.15. The summed E-state index contributed by atoms with van der Waals surface area (Å²) in [4.78, 5) is 12.3. The minimum absolute atomic E-state index is 0.0737. The molecule has 0 saturated carbocycles. The molecule has 1 amide bonds. The zero-order valence-electron chi connectivity index (χ0n) is 14.7. The van der Waals surface area contributed by atoms with Crippen LogP contribution in [0.1, 0.15) is 19.4 Å². The van der Waals surface area contributed by atoms with Gasteiger partial charge in [-0.2, -0.15) is 4.72 Å². The topological polar surface area (TPSA) is 84.5 Å². The summed E-state index contributed by atoms with van der Waals surface area (Å²) >= 11 is 5.80. The summed E-state index contributed by atoms with van der Waals surface area (Å²) in [7, 11) is -3.85. The van der Waals surface area contributed by atoms with E-state index in [1.54, 1.807) is 37.3 Å². The maximum absolute atomic E-state index is 12.5. The van der Waals surface area contributed by atoms with Crippen LogP contribution < -0.4 is 14.8 Å². The number of ether oxygens (including phenoxy) is 1. The summed E-state index contributed by atoms with van der Waals surface area (Å²) in [6.07, 6.45) is 0. The quantitative estimate of drug-likeness (QED) is 0.751. The molecule has 2 N–H and O–H groups in total. The van der Waals surface area contributed by atoms with Crippen molar-refractivity contribution in [1.29, 1.82) is 0 Å². The maximum atomic E-state index is 12.5. The van der Waals surface area contributed by atoms with Crippen molar-refractivity contribution in [1.82, 2.24) is 4.72 Å². The lowest BCUT2D eigenvalue weighted by molar-refractivity contribution is -0.117.